The van der Waals surface area contributed by atoms with Crippen molar-refractivity contribution in [1.29, 1.82) is 0 Å². The molecule has 4 heteroatoms. The molecule has 0 aromatic rings. The molecule has 1 aliphatic heterocycles. The molecule has 0 aromatic heterocycles. The van der Waals surface area contributed by atoms with Gasteiger partial charge < -0.3 is 15.2 Å². The van der Waals surface area contributed by atoms with Gasteiger partial charge in [-0.1, -0.05) is 19.3 Å². The first-order valence-corrected chi connectivity index (χ1v) is 6.27. The second-order valence-electron chi connectivity index (χ2n) is 4.94. The van der Waals surface area contributed by atoms with Gasteiger partial charge in [0.25, 0.3) is 0 Å². The van der Waals surface area contributed by atoms with E-state index in [1.54, 1.807) is 0 Å². The van der Waals surface area contributed by atoms with Gasteiger partial charge in [0.05, 0.1) is 25.7 Å². The Hall–Kier alpha value is -0.610. The number of hydrogen-bond acceptors (Lipinski definition) is 4. The molecule has 0 bridgehead atoms. The van der Waals surface area contributed by atoms with Gasteiger partial charge in [-0.15, -0.1) is 0 Å². The van der Waals surface area contributed by atoms with Crippen LogP contribution in [0.2, 0.25) is 0 Å². The van der Waals surface area contributed by atoms with Crippen molar-refractivity contribution in [3.8, 4) is 0 Å². The summed E-state index contributed by atoms with van der Waals surface area (Å²) in [7, 11) is 0. The summed E-state index contributed by atoms with van der Waals surface area (Å²) in [5.74, 6) is 0.149. The molecule has 92 valence electrons. The molecule has 1 aliphatic carbocycles. The highest BCUT2D eigenvalue weighted by Gasteiger charge is 2.33. The minimum absolute atomic E-state index is 0.171. The zero-order valence-electron chi connectivity index (χ0n) is 9.69. The fourth-order valence-electron chi connectivity index (χ4n) is 2.47. The first-order valence-electron chi connectivity index (χ1n) is 6.27. The summed E-state index contributed by atoms with van der Waals surface area (Å²) < 4.78 is 10.5. The van der Waals surface area contributed by atoms with Crippen LogP contribution in [0.15, 0.2) is 0 Å². The first-order chi connectivity index (χ1) is 7.77. The largest absolute Gasteiger partial charge is 0.465 e. The van der Waals surface area contributed by atoms with Crippen LogP contribution in [0.3, 0.4) is 0 Å². The zero-order valence-corrected chi connectivity index (χ0v) is 9.69. The molecule has 2 atom stereocenters. The Morgan fingerprint density at radius 3 is 2.62 bits per heavy atom. The monoisotopic (exact) mass is 227 g/mol. The molecule has 2 aliphatic rings. The van der Waals surface area contributed by atoms with Crippen molar-refractivity contribution < 1.29 is 14.3 Å². The maximum Gasteiger partial charge on any atom is 0.312 e. The normalized spacial score (nSPS) is 31.6. The van der Waals surface area contributed by atoms with Gasteiger partial charge in [0.15, 0.2) is 0 Å². The summed E-state index contributed by atoms with van der Waals surface area (Å²) in [4.78, 5) is 11.7. The van der Waals surface area contributed by atoms with E-state index in [4.69, 9.17) is 15.2 Å². The van der Waals surface area contributed by atoms with Gasteiger partial charge in [0.1, 0.15) is 0 Å². The molecule has 2 rings (SSSR count). The third-order valence-electron chi connectivity index (χ3n) is 3.61. The summed E-state index contributed by atoms with van der Waals surface area (Å²) in [5, 5.41) is 0. The average molecular weight is 227 g/mol. The van der Waals surface area contributed by atoms with Crippen molar-refractivity contribution in [3.05, 3.63) is 0 Å². The highest BCUT2D eigenvalue weighted by molar-refractivity contribution is 5.73. The zero-order chi connectivity index (χ0) is 11.4. The summed E-state index contributed by atoms with van der Waals surface area (Å²) >= 11 is 0. The molecule has 0 radical (unpaired) electrons. The lowest BCUT2D eigenvalue weighted by Crippen LogP contribution is -2.35. The van der Waals surface area contributed by atoms with Crippen LogP contribution in [-0.2, 0) is 14.3 Å². The molecule has 2 N–H and O–H groups in total. The Balaban J connectivity index is 1.70. The summed E-state index contributed by atoms with van der Waals surface area (Å²) in [6.45, 7) is 1.47. The maximum absolute atomic E-state index is 11.7. The van der Waals surface area contributed by atoms with Crippen LogP contribution in [-0.4, -0.2) is 31.8 Å². The molecule has 1 saturated heterocycles. The number of rotatable bonds is 3. The minimum atomic E-state index is -0.247. The summed E-state index contributed by atoms with van der Waals surface area (Å²) in [5.41, 5.74) is 5.76. The van der Waals surface area contributed by atoms with E-state index in [9.17, 15) is 4.79 Å². The van der Waals surface area contributed by atoms with Crippen LogP contribution in [0.5, 0.6) is 0 Å². The van der Waals surface area contributed by atoms with Crippen molar-refractivity contribution in [2.24, 2.45) is 17.6 Å². The predicted octanol–water partition coefficient (Wildman–Crippen LogP) is 1.08. The van der Waals surface area contributed by atoms with E-state index in [1.807, 2.05) is 0 Å². The second kappa shape index (κ2) is 5.64. The van der Waals surface area contributed by atoms with Crippen molar-refractivity contribution in [2.75, 3.05) is 19.8 Å². The van der Waals surface area contributed by atoms with Gasteiger partial charge in [-0.2, -0.15) is 0 Å². The molecule has 2 unspecified atom stereocenters. The summed E-state index contributed by atoms with van der Waals surface area (Å²) in [6, 6.07) is -0.182. The first kappa shape index (κ1) is 11.9. The second-order valence-corrected chi connectivity index (χ2v) is 4.94. The molecular weight excluding hydrogens is 206 g/mol. The van der Waals surface area contributed by atoms with Crippen LogP contribution in [0.25, 0.3) is 0 Å². The van der Waals surface area contributed by atoms with Crippen molar-refractivity contribution in [2.45, 2.75) is 38.1 Å². The Morgan fingerprint density at radius 2 is 2.00 bits per heavy atom. The van der Waals surface area contributed by atoms with Crippen LogP contribution < -0.4 is 5.73 Å². The number of ether oxygens (including phenoxy) is 2. The molecule has 1 saturated carbocycles. The molecule has 16 heavy (non-hydrogen) atoms. The highest BCUT2D eigenvalue weighted by Crippen LogP contribution is 2.24. The van der Waals surface area contributed by atoms with E-state index in [-0.39, 0.29) is 17.9 Å². The standard InChI is InChI=1S/C12H21NO3/c13-11-8-15-7-10(11)12(14)16-6-9-4-2-1-3-5-9/h9-11H,1-8,13H2. The SMILES string of the molecule is NC1COCC1C(=O)OCC1CCCCC1. The van der Waals surface area contributed by atoms with Crippen LogP contribution in [0, 0.1) is 11.8 Å². The molecule has 0 spiro atoms. The lowest BCUT2D eigenvalue weighted by molar-refractivity contribution is -0.150. The topological polar surface area (TPSA) is 61.5 Å². The van der Waals surface area contributed by atoms with Gasteiger partial charge in [0, 0.05) is 6.04 Å². The number of carbonyl (C=O) groups excluding carboxylic acids is 1. The Morgan fingerprint density at radius 1 is 1.25 bits per heavy atom. The number of esters is 1. The number of hydrogen-bond donors (Lipinski definition) is 1. The third kappa shape index (κ3) is 2.95. The van der Waals surface area contributed by atoms with E-state index in [0.717, 1.165) is 0 Å². The van der Waals surface area contributed by atoms with Gasteiger partial charge in [-0.05, 0) is 18.8 Å². The Kier molecular flexibility index (Phi) is 4.18. The van der Waals surface area contributed by atoms with E-state index in [1.165, 1.54) is 32.1 Å². The van der Waals surface area contributed by atoms with Gasteiger partial charge in [0.2, 0.25) is 0 Å². The Labute approximate surface area is 96.5 Å². The Bertz CT molecular complexity index is 238. The molecule has 1 heterocycles. The third-order valence-corrected chi connectivity index (χ3v) is 3.61. The van der Waals surface area contributed by atoms with E-state index in [2.05, 4.69) is 0 Å². The lowest BCUT2D eigenvalue weighted by atomic mass is 9.90. The fourth-order valence-corrected chi connectivity index (χ4v) is 2.47. The van der Waals surface area contributed by atoms with Crippen molar-refractivity contribution in [1.82, 2.24) is 0 Å². The van der Waals surface area contributed by atoms with Crippen LogP contribution >= 0.6 is 0 Å². The predicted molar refractivity (Wildman–Crippen MR) is 59.8 cm³/mol. The lowest BCUT2D eigenvalue weighted by Gasteiger charge is -2.22. The van der Waals surface area contributed by atoms with Gasteiger partial charge in [-0.3, -0.25) is 4.79 Å². The average Bonchev–Trinajstić information content (AvgIpc) is 2.74. The van der Waals surface area contributed by atoms with E-state index in [0.29, 0.717) is 25.7 Å². The number of carbonyl (C=O) groups is 1. The summed E-state index contributed by atoms with van der Waals surface area (Å²) in [6.07, 6.45) is 6.26. The van der Waals surface area contributed by atoms with Crippen molar-refractivity contribution >= 4 is 5.97 Å². The molecular formula is C12H21NO3. The quantitative estimate of drug-likeness (QED) is 0.733. The highest BCUT2D eigenvalue weighted by atomic mass is 16.5. The molecule has 4 nitrogen and oxygen atoms in total. The molecule has 0 aromatic carbocycles. The van der Waals surface area contributed by atoms with Gasteiger partial charge in [-0.25, -0.2) is 0 Å². The van der Waals surface area contributed by atoms with E-state index < -0.39 is 0 Å². The van der Waals surface area contributed by atoms with Crippen LogP contribution in [0.1, 0.15) is 32.1 Å². The van der Waals surface area contributed by atoms with E-state index >= 15 is 0 Å². The number of nitrogens with two attached hydrogens (primary N) is 1. The fraction of sp³-hybridized carbons (Fsp3) is 0.917. The maximum atomic E-state index is 11.7. The van der Waals surface area contributed by atoms with Crippen LogP contribution in [0.4, 0.5) is 0 Å². The smallest absolute Gasteiger partial charge is 0.312 e. The molecule has 0 amide bonds. The minimum Gasteiger partial charge on any atom is -0.465 e. The van der Waals surface area contributed by atoms with Gasteiger partial charge >= 0.3 is 5.97 Å². The van der Waals surface area contributed by atoms with Crippen molar-refractivity contribution in [3.63, 3.8) is 0 Å². The molecule has 2 fully saturated rings.